The van der Waals surface area contributed by atoms with Crippen molar-refractivity contribution in [3.63, 3.8) is 0 Å². The van der Waals surface area contributed by atoms with Crippen molar-refractivity contribution in [3.05, 3.63) is 35.8 Å². The Labute approximate surface area is 146 Å². The zero-order valence-corrected chi connectivity index (χ0v) is 15.3. The molecule has 0 bridgehead atoms. The summed E-state index contributed by atoms with van der Waals surface area (Å²) < 4.78 is 19.2. The smallest absolute Gasteiger partial charge is 0.329 e. The van der Waals surface area contributed by atoms with Crippen molar-refractivity contribution in [2.75, 3.05) is 0 Å². The van der Waals surface area contributed by atoms with Gasteiger partial charge in [-0.2, -0.15) is 0 Å². The Bertz CT molecular complexity index is 775. The minimum Gasteiger partial charge on any atom is -0.458 e. The molecule has 1 aromatic carbocycles. The van der Waals surface area contributed by atoms with Crippen LogP contribution >= 0.6 is 0 Å². The summed E-state index contributed by atoms with van der Waals surface area (Å²) in [6.07, 6.45) is 0.454. The van der Waals surface area contributed by atoms with E-state index in [-0.39, 0.29) is 11.6 Å². The third-order valence-corrected chi connectivity index (χ3v) is 3.56. The highest BCUT2D eigenvalue weighted by molar-refractivity contribution is 5.99. The SMILES string of the molecule is CC(C)C[C@H](NC(=O)c1cc2c(F)cccc2[nH]1)C(=O)OC(C)(C)C. The molecule has 1 amide bonds. The van der Waals surface area contributed by atoms with E-state index in [2.05, 4.69) is 10.3 Å². The first kappa shape index (κ1) is 19.0. The molecule has 0 saturated carbocycles. The molecule has 0 aliphatic heterocycles. The molecule has 25 heavy (non-hydrogen) atoms. The lowest BCUT2D eigenvalue weighted by Crippen LogP contribution is -2.45. The van der Waals surface area contributed by atoms with Gasteiger partial charge in [0.1, 0.15) is 23.2 Å². The number of hydrogen-bond acceptors (Lipinski definition) is 3. The van der Waals surface area contributed by atoms with Gasteiger partial charge < -0.3 is 15.0 Å². The summed E-state index contributed by atoms with van der Waals surface area (Å²) in [5.74, 6) is -1.15. The molecule has 2 N–H and O–H groups in total. The number of H-pyrrole nitrogens is 1. The van der Waals surface area contributed by atoms with Crippen molar-refractivity contribution in [3.8, 4) is 0 Å². The van der Waals surface area contributed by atoms with Crippen LogP contribution in [0, 0.1) is 11.7 Å². The summed E-state index contributed by atoms with van der Waals surface area (Å²) in [7, 11) is 0. The summed E-state index contributed by atoms with van der Waals surface area (Å²) >= 11 is 0. The Morgan fingerprint density at radius 2 is 1.96 bits per heavy atom. The number of amides is 1. The second-order valence-corrected chi connectivity index (χ2v) is 7.57. The number of benzene rings is 1. The van der Waals surface area contributed by atoms with E-state index in [1.54, 1.807) is 32.9 Å². The Morgan fingerprint density at radius 1 is 1.28 bits per heavy atom. The van der Waals surface area contributed by atoms with Gasteiger partial charge in [-0.25, -0.2) is 9.18 Å². The average molecular weight is 348 g/mol. The number of carbonyl (C=O) groups excluding carboxylic acids is 2. The number of nitrogens with one attached hydrogen (secondary N) is 2. The normalized spacial score (nSPS) is 13.1. The topological polar surface area (TPSA) is 71.2 Å². The van der Waals surface area contributed by atoms with Crippen molar-refractivity contribution in [2.45, 2.75) is 52.7 Å². The van der Waals surface area contributed by atoms with Crippen LogP contribution in [-0.2, 0) is 9.53 Å². The molecule has 5 nitrogen and oxygen atoms in total. The molecule has 0 spiro atoms. The Kier molecular flexibility index (Phi) is 5.50. The van der Waals surface area contributed by atoms with Crippen molar-refractivity contribution >= 4 is 22.8 Å². The second-order valence-electron chi connectivity index (χ2n) is 7.57. The van der Waals surface area contributed by atoms with E-state index in [4.69, 9.17) is 4.74 Å². The first-order valence-corrected chi connectivity index (χ1v) is 8.38. The van der Waals surface area contributed by atoms with Crippen molar-refractivity contribution in [1.29, 1.82) is 0 Å². The zero-order chi connectivity index (χ0) is 18.8. The summed E-state index contributed by atoms with van der Waals surface area (Å²) in [5, 5.41) is 3.04. The number of rotatable bonds is 5. The molecule has 0 aliphatic rings. The van der Waals surface area contributed by atoms with Crippen LogP contribution in [0.15, 0.2) is 24.3 Å². The number of aromatic amines is 1. The van der Waals surface area contributed by atoms with Crippen molar-refractivity contribution in [2.24, 2.45) is 5.92 Å². The fourth-order valence-electron chi connectivity index (χ4n) is 2.53. The van der Waals surface area contributed by atoms with Crippen LogP contribution in [0.4, 0.5) is 4.39 Å². The van der Waals surface area contributed by atoms with E-state index in [0.29, 0.717) is 17.3 Å². The van der Waals surface area contributed by atoms with Crippen LogP contribution in [-0.4, -0.2) is 28.5 Å². The molecule has 1 atom stereocenters. The van der Waals surface area contributed by atoms with E-state index in [1.165, 1.54) is 12.1 Å². The van der Waals surface area contributed by atoms with Crippen LogP contribution < -0.4 is 5.32 Å². The van der Waals surface area contributed by atoms with Gasteiger partial charge in [0, 0.05) is 10.9 Å². The molecule has 0 fully saturated rings. The van der Waals surface area contributed by atoms with Crippen LogP contribution in [0.25, 0.3) is 10.9 Å². The summed E-state index contributed by atoms with van der Waals surface area (Å²) in [5.41, 5.74) is 0.0987. The lowest BCUT2D eigenvalue weighted by Gasteiger charge is -2.25. The lowest BCUT2D eigenvalue weighted by atomic mass is 10.0. The quantitative estimate of drug-likeness (QED) is 0.808. The monoisotopic (exact) mass is 348 g/mol. The van der Waals surface area contributed by atoms with Gasteiger partial charge in [0.15, 0.2) is 0 Å². The summed E-state index contributed by atoms with van der Waals surface area (Å²) in [4.78, 5) is 27.8. The highest BCUT2D eigenvalue weighted by Gasteiger charge is 2.28. The minimum atomic E-state index is -0.761. The molecule has 6 heteroatoms. The Balaban J connectivity index is 2.20. The fourth-order valence-corrected chi connectivity index (χ4v) is 2.53. The molecule has 0 unspecified atom stereocenters. The molecule has 0 saturated heterocycles. The molecular formula is C19H25FN2O3. The number of halogens is 1. The zero-order valence-electron chi connectivity index (χ0n) is 15.3. The standard InChI is InChI=1S/C19H25FN2O3/c1-11(2)9-16(18(24)25-19(3,4)5)22-17(23)15-10-12-13(20)7-6-8-14(12)21-15/h6-8,10-11,16,21H,9H2,1-5H3,(H,22,23)/t16-/m0/s1. The summed E-state index contributed by atoms with van der Waals surface area (Å²) in [6, 6.07) is 5.28. The number of carbonyl (C=O) groups is 2. The number of fused-ring (bicyclic) bond motifs is 1. The predicted octanol–water partition coefficient (Wildman–Crippen LogP) is 3.79. The Hall–Kier alpha value is -2.37. The van der Waals surface area contributed by atoms with E-state index >= 15 is 0 Å². The Morgan fingerprint density at radius 3 is 2.52 bits per heavy atom. The minimum absolute atomic E-state index is 0.193. The summed E-state index contributed by atoms with van der Waals surface area (Å²) in [6.45, 7) is 9.25. The molecule has 2 aromatic rings. The van der Waals surface area contributed by atoms with Crippen LogP contribution in [0.2, 0.25) is 0 Å². The van der Waals surface area contributed by atoms with Crippen molar-refractivity contribution in [1.82, 2.24) is 10.3 Å². The first-order chi connectivity index (χ1) is 11.6. The highest BCUT2D eigenvalue weighted by Crippen LogP contribution is 2.19. The van der Waals surface area contributed by atoms with Gasteiger partial charge in [-0.3, -0.25) is 4.79 Å². The molecule has 136 valence electrons. The highest BCUT2D eigenvalue weighted by atomic mass is 19.1. The number of hydrogen-bond donors (Lipinski definition) is 2. The van der Waals surface area contributed by atoms with Gasteiger partial charge in [0.25, 0.3) is 5.91 Å². The van der Waals surface area contributed by atoms with Gasteiger partial charge in [0.05, 0.1) is 0 Å². The third kappa shape index (κ3) is 5.05. The third-order valence-electron chi connectivity index (χ3n) is 3.56. The van der Waals surface area contributed by atoms with Crippen LogP contribution in [0.5, 0.6) is 0 Å². The maximum atomic E-state index is 13.8. The molecule has 2 rings (SSSR count). The fraction of sp³-hybridized carbons (Fsp3) is 0.474. The maximum Gasteiger partial charge on any atom is 0.329 e. The number of aromatic nitrogens is 1. The molecule has 1 aromatic heterocycles. The first-order valence-electron chi connectivity index (χ1n) is 8.38. The van der Waals surface area contributed by atoms with Gasteiger partial charge in [0.2, 0.25) is 0 Å². The number of esters is 1. The molecular weight excluding hydrogens is 323 g/mol. The lowest BCUT2D eigenvalue weighted by molar-refractivity contribution is -0.157. The van der Waals surface area contributed by atoms with Crippen LogP contribution in [0.1, 0.15) is 51.5 Å². The van der Waals surface area contributed by atoms with E-state index in [1.807, 2.05) is 13.8 Å². The predicted molar refractivity (Wildman–Crippen MR) is 94.8 cm³/mol. The average Bonchev–Trinajstić information content (AvgIpc) is 2.90. The molecule has 0 radical (unpaired) electrons. The van der Waals surface area contributed by atoms with Crippen LogP contribution in [0.3, 0.4) is 0 Å². The van der Waals surface area contributed by atoms with Gasteiger partial charge >= 0.3 is 5.97 Å². The van der Waals surface area contributed by atoms with Gasteiger partial charge in [-0.1, -0.05) is 19.9 Å². The number of ether oxygens (including phenoxy) is 1. The largest absolute Gasteiger partial charge is 0.458 e. The second kappa shape index (κ2) is 7.25. The molecule has 1 heterocycles. The molecule has 0 aliphatic carbocycles. The van der Waals surface area contributed by atoms with E-state index in [9.17, 15) is 14.0 Å². The van der Waals surface area contributed by atoms with Crippen molar-refractivity contribution < 1.29 is 18.7 Å². The van der Waals surface area contributed by atoms with E-state index < -0.39 is 29.3 Å². The van der Waals surface area contributed by atoms with E-state index in [0.717, 1.165) is 0 Å². The van der Waals surface area contributed by atoms with Gasteiger partial charge in [-0.05, 0) is 51.3 Å². The maximum absolute atomic E-state index is 13.8. The van der Waals surface area contributed by atoms with Gasteiger partial charge in [-0.15, -0.1) is 0 Å².